The van der Waals surface area contributed by atoms with Crippen molar-refractivity contribution in [1.29, 1.82) is 0 Å². The van der Waals surface area contributed by atoms with Crippen LogP contribution in [0.2, 0.25) is 0 Å². The first kappa shape index (κ1) is 18.0. The largest absolute Gasteiger partial charge is 0.486 e. The van der Waals surface area contributed by atoms with Crippen LogP contribution < -0.4 is 10.1 Å². The molecule has 0 aliphatic carbocycles. The van der Waals surface area contributed by atoms with Crippen LogP contribution in [0.15, 0.2) is 17.0 Å². The minimum Gasteiger partial charge on any atom is -0.486 e. The average molecular weight is 377 g/mol. The molecule has 1 aromatic rings. The number of nitrogens with zero attached hydrogens (tertiary/aromatic N) is 1. The zero-order valence-electron chi connectivity index (χ0n) is 16.0. The predicted octanol–water partition coefficient (Wildman–Crippen LogP) is 2.49. The van der Waals surface area contributed by atoms with Crippen LogP contribution in [0.4, 0.5) is 0 Å². The molecule has 3 atom stereocenters. The Kier molecular flexibility index (Phi) is 4.39. The molecule has 1 amide bonds. The zero-order chi connectivity index (χ0) is 18.6. The molecule has 2 saturated heterocycles. The van der Waals surface area contributed by atoms with Crippen molar-refractivity contribution >= 4 is 16.7 Å². The molecule has 2 fully saturated rings. The van der Waals surface area contributed by atoms with E-state index in [0.29, 0.717) is 28.3 Å². The third-order valence-electron chi connectivity index (χ3n) is 6.14. The normalized spacial score (nSPS) is 30.5. The lowest BCUT2D eigenvalue weighted by atomic mass is 9.97. The molecular formula is C20H28N2O3S. The third-order valence-corrected chi connectivity index (χ3v) is 7.04. The number of carbonyl (C=O) groups excluding carboxylic acids is 1. The highest BCUT2D eigenvalue weighted by Crippen LogP contribution is 2.40. The number of nitrogens with one attached hydrogen (secondary N) is 1. The molecule has 3 aliphatic rings. The van der Waals surface area contributed by atoms with Gasteiger partial charge in [-0.2, -0.15) is 0 Å². The zero-order valence-corrected chi connectivity index (χ0v) is 16.8. The van der Waals surface area contributed by atoms with E-state index in [1.54, 1.807) is 12.3 Å². The lowest BCUT2D eigenvalue weighted by Crippen LogP contribution is -2.48. The number of amides is 1. The molecular weight excluding hydrogens is 348 g/mol. The van der Waals surface area contributed by atoms with Gasteiger partial charge in [-0.05, 0) is 58.7 Å². The van der Waals surface area contributed by atoms with Crippen LogP contribution in [0.25, 0.3) is 0 Å². The van der Waals surface area contributed by atoms with Crippen molar-refractivity contribution < 1.29 is 13.7 Å². The van der Waals surface area contributed by atoms with Crippen molar-refractivity contribution in [2.24, 2.45) is 0 Å². The van der Waals surface area contributed by atoms with Gasteiger partial charge in [0.2, 0.25) is 0 Å². The summed E-state index contributed by atoms with van der Waals surface area (Å²) in [5.74, 6) is 0.567. The topological polar surface area (TPSA) is 58.6 Å². The van der Waals surface area contributed by atoms with E-state index in [2.05, 4.69) is 17.3 Å². The summed E-state index contributed by atoms with van der Waals surface area (Å²) in [5.41, 5.74) is 1.18. The number of piperidine rings is 1. The van der Waals surface area contributed by atoms with Gasteiger partial charge in [-0.3, -0.25) is 9.00 Å². The van der Waals surface area contributed by atoms with Crippen LogP contribution in [0, 0.1) is 0 Å². The fourth-order valence-corrected chi connectivity index (χ4v) is 5.40. The molecule has 0 aromatic heterocycles. The predicted molar refractivity (Wildman–Crippen MR) is 102 cm³/mol. The van der Waals surface area contributed by atoms with Gasteiger partial charge in [-0.1, -0.05) is 0 Å². The maximum absolute atomic E-state index is 13.1. The Morgan fingerprint density at radius 1 is 1.27 bits per heavy atom. The molecule has 1 aromatic carbocycles. The molecule has 142 valence electrons. The van der Waals surface area contributed by atoms with Crippen LogP contribution >= 0.6 is 0 Å². The van der Waals surface area contributed by atoms with E-state index in [1.807, 2.05) is 19.9 Å². The summed E-state index contributed by atoms with van der Waals surface area (Å²) >= 11 is 0. The summed E-state index contributed by atoms with van der Waals surface area (Å²) in [6, 6.07) is 5.03. The van der Waals surface area contributed by atoms with Crippen LogP contribution in [0.3, 0.4) is 0 Å². The summed E-state index contributed by atoms with van der Waals surface area (Å²) in [4.78, 5) is 16.2. The van der Waals surface area contributed by atoms with Gasteiger partial charge in [-0.15, -0.1) is 0 Å². The van der Waals surface area contributed by atoms with Gasteiger partial charge in [0.05, 0.1) is 5.56 Å². The number of hydrogen-bond donors (Lipinski definition) is 1. The Bertz CT molecular complexity index is 763. The van der Waals surface area contributed by atoms with Crippen molar-refractivity contribution in [3.05, 3.63) is 23.3 Å². The second-order valence-corrected chi connectivity index (χ2v) is 10.0. The molecule has 0 spiro atoms. The lowest BCUT2D eigenvalue weighted by molar-refractivity contribution is 0.0870. The molecule has 1 N–H and O–H groups in total. The first-order chi connectivity index (χ1) is 12.2. The van der Waals surface area contributed by atoms with Gasteiger partial charge < -0.3 is 15.0 Å². The molecule has 3 unspecified atom stereocenters. The van der Waals surface area contributed by atoms with E-state index in [-0.39, 0.29) is 17.6 Å². The molecule has 3 aliphatic heterocycles. The van der Waals surface area contributed by atoms with E-state index >= 15 is 0 Å². The first-order valence-electron chi connectivity index (χ1n) is 9.45. The summed E-state index contributed by atoms with van der Waals surface area (Å²) in [5, 5.41) is 3.24. The number of ether oxygens (including phenoxy) is 1. The highest BCUT2D eigenvalue weighted by Gasteiger charge is 2.40. The minimum atomic E-state index is -1.13. The minimum absolute atomic E-state index is 0.0970. The second-order valence-electron chi connectivity index (χ2n) is 8.64. The molecule has 4 rings (SSSR count). The SMILES string of the molecule is CN1C2CCC1CC(NC(=O)c1cc(S(C)=O)cc3c1OC(C)(C)C3)C2. The van der Waals surface area contributed by atoms with Gasteiger partial charge in [0.15, 0.2) is 0 Å². The molecule has 3 heterocycles. The van der Waals surface area contributed by atoms with Crippen LogP contribution in [0.1, 0.15) is 55.5 Å². The highest BCUT2D eigenvalue weighted by molar-refractivity contribution is 7.84. The van der Waals surface area contributed by atoms with E-state index < -0.39 is 10.8 Å². The van der Waals surface area contributed by atoms with Gasteiger partial charge in [0, 0.05) is 52.1 Å². The smallest absolute Gasteiger partial charge is 0.255 e. The van der Waals surface area contributed by atoms with E-state index in [1.165, 1.54) is 12.8 Å². The third kappa shape index (κ3) is 3.18. The second kappa shape index (κ2) is 6.34. The summed E-state index contributed by atoms with van der Waals surface area (Å²) in [6.45, 7) is 4.04. The van der Waals surface area contributed by atoms with Crippen LogP contribution in [-0.4, -0.2) is 52.0 Å². The van der Waals surface area contributed by atoms with Crippen LogP contribution in [-0.2, 0) is 17.2 Å². The Hall–Kier alpha value is -1.40. The maximum Gasteiger partial charge on any atom is 0.255 e. The fraction of sp³-hybridized carbons (Fsp3) is 0.650. The summed E-state index contributed by atoms with van der Waals surface area (Å²) in [6.07, 6.45) is 6.85. The van der Waals surface area contributed by atoms with Crippen molar-refractivity contribution in [3.63, 3.8) is 0 Å². The monoisotopic (exact) mass is 376 g/mol. The molecule has 0 saturated carbocycles. The van der Waals surface area contributed by atoms with Crippen LogP contribution in [0.5, 0.6) is 5.75 Å². The maximum atomic E-state index is 13.1. The molecule has 6 heteroatoms. The number of carbonyl (C=O) groups is 1. The first-order valence-corrected chi connectivity index (χ1v) is 11.0. The Balaban J connectivity index is 1.59. The van der Waals surface area contributed by atoms with E-state index in [0.717, 1.165) is 24.8 Å². The van der Waals surface area contributed by atoms with Gasteiger partial charge in [0.1, 0.15) is 11.4 Å². The molecule has 2 bridgehead atoms. The van der Waals surface area contributed by atoms with E-state index in [9.17, 15) is 9.00 Å². The highest BCUT2D eigenvalue weighted by atomic mass is 32.2. The standard InChI is InChI=1S/C20H28N2O3S/c1-20(2)11-12-7-16(26(4)24)10-17(18(12)25-20)19(23)21-13-8-14-5-6-15(9-13)22(14)3/h7,10,13-15H,5-6,8-9,11H2,1-4H3,(H,21,23). The van der Waals surface area contributed by atoms with E-state index in [4.69, 9.17) is 4.74 Å². The number of fused-ring (bicyclic) bond motifs is 3. The Labute approximate surface area is 157 Å². The number of benzene rings is 1. The number of hydrogen-bond acceptors (Lipinski definition) is 4. The van der Waals surface area contributed by atoms with Crippen molar-refractivity contribution in [2.75, 3.05) is 13.3 Å². The van der Waals surface area contributed by atoms with Gasteiger partial charge in [0.25, 0.3) is 5.91 Å². The Morgan fingerprint density at radius 3 is 2.54 bits per heavy atom. The fourth-order valence-electron chi connectivity index (χ4n) is 4.81. The summed E-state index contributed by atoms with van der Waals surface area (Å²) < 4.78 is 18.1. The molecule has 26 heavy (non-hydrogen) atoms. The van der Waals surface area contributed by atoms with Crippen molar-refractivity contribution in [2.45, 2.75) is 74.6 Å². The van der Waals surface area contributed by atoms with Crippen molar-refractivity contribution in [1.82, 2.24) is 10.2 Å². The summed E-state index contributed by atoms with van der Waals surface area (Å²) in [7, 11) is 1.07. The molecule has 0 radical (unpaired) electrons. The Morgan fingerprint density at radius 2 is 1.92 bits per heavy atom. The molecule has 5 nitrogen and oxygen atoms in total. The van der Waals surface area contributed by atoms with Crippen molar-refractivity contribution in [3.8, 4) is 5.75 Å². The number of rotatable bonds is 3. The average Bonchev–Trinajstić information content (AvgIpc) is 2.95. The van der Waals surface area contributed by atoms with Gasteiger partial charge >= 0.3 is 0 Å². The van der Waals surface area contributed by atoms with Gasteiger partial charge in [-0.25, -0.2) is 0 Å². The quantitative estimate of drug-likeness (QED) is 0.881. The lowest BCUT2D eigenvalue weighted by Gasteiger charge is -2.36.